The van der Waals surface area contributed by atoms with Gasteiger partial charge < -0.3 is 14.2 Å². The number of hydrogen-bond acceptors (Lipinski definition) is 5. The van der Waals surface area contributed by atoms with Crippen molar-refractivity contribution in [2.75, 3.05) is 20.8 Å². The van der Waals surface area contributed by atoms with E-state index in [1.165, 1.54) is 0 Å². The van der Waals surface area contributed by atoms with E-state index in [2.05, 4.69) is 42.4 Å². The van der Waals surface area contributed by atoms with Gasteiger partial charge in [-0.05, 0) is 63.1 Å². The van der Waals surface area contributed by atoms with Crippen molar-refractivity contribution in [3.8, 4) is 17.2 Å². The molecule has 0 atom stereocenters. The molecule has 0 spiro atoms. The first-order chi connectivity index (χ1) is 14.0. The standard InChI is InChI=1S/C21H18Br2N2O4/c1-27-15-6-3-13-4-7-19(28-2)17(16(13)10-15)11-24-25-21(26)12-29-20-8-5-14(22)9-18(20)23/h3-11H,12H2,1-2H3,(H,25,26)/b24-11+. The Hall–Kier alpha value is -2.58. The van der Waals surface area contributed by atoms with Crippen molar-refractivity contribution in [3.63, 3.8) is 0 Å². The number of carbonyl (C=O) groups excluding carboxylic acids is 1. The molecule has 3 aromatic carbocycles. The Morgan fingerprint density at radius 2 is 1.79 bits per heavy atom. The zero-order valence-electron chi connectivity index (χ0n) is 15.7. The van der Waals surface area contributed by atoms with Gasteiger partial charge in [-0.3, -0.25) is 4.79 Å². The predicted octanol–water partition coefficient (Wildman–Crippen LogP) is 4.91. The minimum Gasteiger partial charge on any atom is -0.497 e. The molecule has 0 saturated heterocycles. The maximum Gasteiger partial charge on any atom is 0.277 e. The average molecular weight is 522 g/mol. The van der Waals surface area contributed by atoms with Gasteiger partial charge in [0.1, 0.15) is 17.2 Å². The summed E-state index contributed by atoms with van der Waals surface area (Å²) in [6.07, 6.45) is 1.55. The molecular formula is C21H18Br2N2O4. The lowest BCUT2D eigenvalue weighted by molar-refractivity contribution is -0.123. The van der Waals surface area contributed by atoms with Gasteiger partial charge in [-0.15, -0.1) is 0 Å². The van der Waals surface area contributed by atoms with E-state index < -0.39 is 0 Å². The number of rotatable bonds is 7. The molecule has 0 unspecified atom stereocenters. The minimum absolute atomic E-state index is 0.169. The van der Waals surface area contributed by atoms with Crippen LogP contribution in [-0.2, 0) is 4.79 Å². The molecule has 1 amide bonds. The van der Waals surface area contributed by atoms with Crippen molar-refractivity contribution >= 4 is 54.8 Å². The van der Waals surface area contributed by atoms with Crippen LogP contribution in [0.3, 0.4) is 0 Å². The molecule has 0 fully saturated rings. The monoisotopic (exact) mass is 520 g/mol. The number of ether oxygens (including phenoxy) is 3. The predicted molar refractivity (Wildman–Crippen MR) is 120 cm³/mol. The number of carbonyl (C=O) groups is 1. The summed E-state index contributed by atoms with van der Waals surface area (Å²) in [5.41, 5.74) is 3.21. The summed E-state index contributed by atoms with van der Waals surface area (Å²) >= 11 is 6.76. The van der Waals surface area contributed by atoms with Crippen LogP contribution in [0.4, 0.5) is 0 Å². The first-order valence-electron chi connectivity index (χ1n) is 8.56. The first-order valence-corrected chi connectivity index (χ1v) is 10.1. The number of hydrogen-bond donors (Lipinski definition) is 1. The van der Waals surface area contributed by atoms with E-state index in [1.54, 1.807) is 26.5 Å². The van der Waals surface area contributed by atoms with E-state index in [9.17, 15) is 4.79 Å². The molecule has 0 saturated carbocycles. The van der Waals surface area contributed by atoms with E-state index in [1.807, 2.05) is 42.5 Å². The van der Waals surface area contributed by atoms with Gasteiger partial charge in [0.05, 0.1) is 24.9 Å². The highest BCUT2D eigenvalue weighted by Crippen LogP contribution is 2.30. The van der Waals surface area contributed by atoms with E-state index in [-0.39, 0.29) is 12.5 Å². The normalized spacial score (nSPS) is 10.9. The van der Waals surface area contributed by atoms with Crippen LogP contribution >= 0.6 is 31.9 Å². The van der Waals surface area contributed by atoms with Crippen molar-refractivity contribution in [2.45, 2.75) is 0 Å². The zero-order valence-corrected chi connectivity index (χ0v) is 18.9. The Kier molecular flexibility index (Phi) is 7.11. The van der Waals surface area contributed by atoms with Crippen LogP contribution in [-0.4, -0.2) is 32.9 Å². The van der Waals surface area contributed by atoms with Crippen LogP contribution in [0.15, 0.2) is 62.6 Å². The molecule has 3 aromatic rings. The van der Waals surface area contributed by atoms with Gasteiger partial charge in [-0.1, -0.05) is 28.1 Å². The summed E-state index contributed by atoms with van der Waals surface area (Å²) < 4.78 is 17.9. The first kappa shape index (κ1) is 21.1. The summed E-state index contributed by atoms with van der Waals surface area (Å²) in [6, 6.07) is 15.0. The van der Waals surface area contributed by atoms with Gasteiger partial charge in [-0.2, -0.15) is 5.10 Å². The molecule has 0 heterocycles. The summed E-state index contributed by atoms with van der Waals surface area (Å²) in [4.78, 5) is 12.1. The van der Waals surface area contributed by atoms with Gasteiger partial charge in [0.2, 0.25) is 0 Å². The van der Waals surface area contributed by atoms with Crippen LogP contribution in [0.1, 0.15) is 5.56 Å². The molecule has 0 bridgehead atoms. The third-order valence-electron chi connectivity index (χ3n) is 4.09. The van der Waals surface area contributed by atoms with E-state index in [4.69, 9.17) is 14.2 Å². The van der Waals surface area contributed by atoms with E-state index >= 15 is 0 Å². The van der Waals surface area contributed by atoms with Crippen LogP contribution in [0.25, 0.3) is 10.8 Å². The number of nitrogens with one attached hydrogen (secondary N) is 1. The smallest absolute Gasteiger partial charge is 0.277 e. The second-order valence-electron chi connectivity index (χ2n) is 5.93. The zero-order chi connectivity index (χ0) is 20.8. The lowest BCUT2D eigenvalue weighted by Crippen LogP contribution is -2.24. The summed E-state index contributed by atoms with van der Waals surface area (Å²) in [5.74, 6) is 1.54. The summed E-state index contributed by atoms with van der Waals surface area (Å²) in [5, 5.41) is 5.96. The topological polar surface area (TPSA) is 69.2 Å². The SMILES string of the molecule is COc1ccc2ccc(OC)c(/C=N/NC(=O)COc3ccc(Br)cc3Br)c2c1. The number of halogens is 2. The molecule has 29 heavy (non-hydrogen) atoms. The number of nitrogens with zero attached hydrogens (tertiary/aromatic N) is 1. The van der Waals surface area contributed by atoms with Crippen LogP contribution in [0.2, 0.25) is 0 Å². The van der Waals surface area contributed by atoms with Crippen molar-refractivity contribution in [3.05, 3.63) is 63.0 Å². The molecule has 0 radical (unpaired) electrons. The largest absolute Gasteiger partial charge is 0.497 e. The van der Waals surface area contributed by atoms with Crippen molar-refractivity contribution in [1.29, 1.82) is 0 Å². The fourth-order valence-electron chi connectivity index (χ4n) is 2.68. The van der Waals surface area contributed by atoms with E-state index in [0.717, 1.165) is 31.0 Å². The molecular weight excluding hydrogens is 504 g/mol. The molecule has 3 rings (SSSR count). The molecule has 8 heteroatoms. The van der Waals surface area contributed by atoms with Gasteiger partial charge in [-0.25, -0.2) is 5.43 Å². The van der Waals surface area contributed by atoms with Gasteiger partial charge >= 0.3 is 0 Å². The Morgan fingerprint density at radius 3 is 2.52 bits per heavy atom. The van der Waals surface area contributed by atoms with E-state index in [0.29, 0.717) is 11.5 Å². The molecule has 0 aliphatic rings. The van der Waals surface area contributed by atoms with Crippen molar-refractivity contribution < 1.29 is 19.0 Å². The highest BCUT2D eigenvalue weighted by molar-refractivity contribution is 9.11. The third-order valence-corrected chi connectivity index (χ3v) is 5.20. The molecule has 0 aliphatic carbocycles. The van der Waals surface area contributed by atoms with Crippen LogP contribution in [0, 0.1) is 0 Å². The lowest BCUT2D eigenvalue weighted by atomic mass is 10.0. The molecule has 0 aliphatic heterocycles. The van der Waals surface area contributed by atoms with Gasteiger partial charge in [0, 0.05) is 10.0 Å². The second kappa shape index (κ2) is 9.76. The quantitative estimate of drug-likeness (QED) is 0.354. The fourth-order valence-corrected chi connectivity index (χ4v) is 3.84. The van der Waals surface area contributed by atoms with Crippen molar-refractivity contribution in [2.24, 2.45) is 5.10 Å². The number of benzene rings is 3. The number of amides is 1. The molecule has 150 valence electrons. The fraction of sp³-hybridized carbons (Fsp3) is 0.143. The lowest BCUT2D eigenvalue weighted by Gasteiger charge is -2.10. The molecule has 1 N–H and O–H groups in total. The highest BCUT2D eigenvalue weighted by Gasteiger charge is 2.09. The Bertz CT molecular complexity index is 1060. The Morgan fingerprint density at radius 1 is 1.03 bits per heavy atom. The van der Waals surface area contributed by atoms with Gasteiger partial charge in [0.15, 0.2) is 6.61 Å². The number of fused-ring (bicyclic) bond motifs is 1. The maximum atomic E-state index is 12.1. The van der Waals surface area contributed by atoms with Crippen LogP contribution < -0.4 is 19.6 Å². The van der Waals surface area contributed by atoms with Crippen molar-refractivity contribution in [1.82, 2.24) is 5.43 Å². The number of methoxy groups -OCH3 is 2. The summed E-state index contributed by atoms with van der Waals surface area (Å²) in [7, 11) is 3.19. The number of hydrazone groups is 1. The Labute approximate surface area is 185 Å². The highest BCUT2D eigenvalue weighted by atomic mass is 79.9. The maximum absolute atomic E-state index is 12.1. The minimum atomic E-state index is -0.382. The molecule has 0 aromatic heterocycles. The van der Waals surface area contributed by atoms with Crippen LogP contribution in [0.5, 0.6) is 17.2 Å². The third kappa shape index (κ3) is 5.27. The second-order valence-corrected chi connectivity index (χ2v) is 7.70. The average Bonchev–Trinajstić information content (AvgIpc) is 2.72. The van der Waals surface area contributed by atoms with Gasteiger partial charge in [0.25, 0.3) is 5.91 Å². The molecule has 6 nitrogen and oxygen atoms in total. The Balaban J connectivity index is 1.72. The summed E-state index contributed by atoms with van der Waals surface area (Å²) in [6.45, 7) is -0.169.